The molecule has 1 heterocycles. The molecule has 2 aliphatic rings. The van der Waals surface area contributed by atoms with Crippen LogP contribution in [0.25, 0.3) is 0 Å². The van der Waals surface area contributed by atoms with Gasteiger partial charge in [-0.2, -0.15) is 0 Å². The van der Waals surface area contributed by atoms with Crippen molar-refractivity contribution in [1.29, 1.82) is 0 Å². The van der Waals surface area contributed by atoms with Gasteiger partial charge in [-0.25, -0.2) is 4.98 Å². The first-order valence-electron chi connectivity index (χ1n) is 11.9. The number of oxazole rings is 1. The molecule has 2 aromatic rings. The predicted octanol–water partition coefficient (Wildman–Crippen LogP) is 4.48. The lowest BCUT2D eigenvalue weighted by Gasteiger charge is -2.33. The molecule has 32 heavy (non-hydrogen) atoms. The van der Waals surface area contributed by atoms with Crippen molar-refractivity contribution in [2.24, 2.45) is 0 Å². The number of benzene rings is 1. The Hall–Kier alpha value is -2.83. The van der Waals surface area contributed by atoms with E-state index in [1.807, 2.05) is 35.2 Å². The minimum Gasteiger partial charge on any atom is -0.484 e. The molecule has 1 N–H and O–H groups in total. The van der Waals surface area contributed by atoms with Gasteiger partial charge in [-0.3, -0.25) is 9.59 Å². The third-order valence-corrected chi connectivity index (χ3v) is 6.47. The predicted molar refractivity (Wildman–Crippen MR) is 120 cm³/mol. The van der Waals surface area contributed by atoms with Crippen molar-refractivity contribution < 1.29 is 18.7 Å². The van der Waals surface area contributed by atoms with Gasteiger partial charge in [-0.05, 0) is 37.8 Å². The zero-order valence-corrected chi connectivity index (χ0v) is 18.6. The molecule has 0 radical (unpaired) electrons. The Morgan fingerprint density at radius 3 is 2.41 bits per heavy atom. The van der Waals surface area contributed by atoms with Gasteiger partial charge in [-0.1, -0.05) is 56.7 Å². The Morgan fingerprint density at radius 1 is 1.00 bits per heavy atom. The van der Waals surface area contributed by atoms with Crippen molar-refractivity contribution in [2.75, 3.05) is 6.61 Å². The minimum absolute atomic E-state index is 0.0315. The number of amides is 2. The molecule has 172 valence electrons. The average molecular weight is 440 g/mol. The molecule has 2 fully saturated rings. The van der Waals surface area contributed by atoms with Crippen molar-refractivity contribution in [2.45, 2.75) is 82.8 Å². The fraction of sp³-hybridized carbons (Fsp3) is 0.560. The summed E-state index contributed by atoms with van der Waals surface area (Å²) in [6.07, 6.45) is 12.3. The minimum atomic E-state index is -0.199. The Morgan fingerprint density at radius 2 is 1.69 bits per heavy atom. The Labute approximate surface area is 189 Å². The van der Waals surface area contributed by atoms with Crippen LogP contribution in [-0.4, -0.2) is 40.4 Å². The number of ether oxygens (including phenoxy) is 1. The monoisotopic (exact) mass is 439 g/mol. The molecule has 0 saturated heterocycles. The van der Waals surface area contributed by atoms with E-state index in [1.54, 1.807) is 0 Å². The van der Waals surface area contributed by atoms with Gasteiger partial charge in [0.05, 0.1) is 6.54 Å². The van der Waals surface area contributed by atoms with E-state index >= 15 is 0 Å². The van der Waals surface area contributed by atoms with Crippen LogP contribution in [0.3, 0.4) is 0 Å². The molecule has 2 amide bonds. The van der Waals surface area contributed by atoms with Crippen molar-refractivity contribution in [1.82, 2.24) is 15.2 Å². The normalized spacial score (nSPS) is 17.6. The Bertz CT molecular complexity index is 870. The summed E-state index contributed by atoms with van der Waals surface area (Å²) in [5.74, 6) is 0.765. The van der Waals surface area contributed by atoms with Gasteiger partial charge in [0.2, 0.25) is 5.89 Å². The first-order chi connectivity index (χ1) is 15.7. The number of carbonyl (C=O) groups is 2. The average Bonchev–Trinajstić information content (AvgIpc) is 3.32. The van der Waals surface area contributed by atoms with E-state index in [2.05, 4.69) is 10.3 Å². The number of hydrogen-bond donors (Lipinski definition) is 1. The molecule has 0 aliphatic heterocycles. The summed E-state index contributed by atoms with van der Waals surface area (Å²) in [5, 5.41) is 3.06. The van der Waals surface area contributed by atoms with Gasteiger partial charge in [0.1, 0.15) is 12.0 Å². The topological polar surface area (TPSA) is 84.7 Å². The summed E-state index contributed by atoms with van der Waals surface area (Å²) in [5.41, 5.74) is 0.280. The van der Waals surface area contributed by atoms with E-state index in [9.17, 15) is 9.59 Å². The number of carbonyl (C=O) groups excluding carboxylic acids is 2. The molecule has 4 rings (SSSR count). The highest BCUT2D eigenvalue weighted by Gasteiger charge is 2.28. The van der Waals surface area contributed by atoms with E-state index in [-0.39, 0.29) is 42.7 Å². The number of aromatic nitrogens is 1. The second-order valence-corrected chi connectivity index (χ2v) is 8.85. The maximum Gasteiger partial charge on any atom is 0.273 e. The SMILES string of the molecule is O=C(NC1CCCCC1)c1coc(CN(C(=O)COc2ccccc2)C2CCCCC2)n1. The van der Waals surface area contributed by atoms with Crippen LogP contribution in [0, 0.1) is 0 Å². The van der Waals surface area contributed by atoms with E-state index in [0.717, 1.165) is 51.4 Å². The number of para-hydroxylation sites is 1. The van der Waals surface area contributed by atoms with Gasteiger partial charge in [0, 0.05) is 12.1 Å². The number of nitrogens with zero attached hydrogens (tertiary/aromatic N) is 2. The molecular formula is C25H33N3O4. The quantitative estimate of drug-likeness (QED) is 0.656. The molecule has 1 aromatic heterocycles. The lowest BCUT2D eigenvalue weighted by Crippen LogP contribution is -2.43. The van der Waals surface area contributed by atoms with Crippen LogP contribution in [0.2, 0.25) is 0 Å². The van der Waals surface area contributed by atoms with Crippen LogP contribution in [0.1, 0.15) is 80.6 Å². The van der Waals surface area contributed by atoms with Crippen LogP contribution in [-0.2, 0) is 11.3 Å². The van der Waals surface area contributed by atoms with Gasteiger partial charge < -0.3 is 19.4 Å². The molecule has 0 spiro atoms. The van der Waals surface area contributed by atoms with Crippen molar-refractivity contribution >= 4 is 11.8 Å². The molecule has 7 nitrogen and oxygen atoms in total. The fourth-order valence-corrected chi connectivity index (χ4v) is 4.70. The number of hydrogen-bond acceptors (Lipinski definition) is 5. The molecule has 0 unspecified atom stereocenters. The molecule has 2 saturated carbocycles. The van der Waals surface area contributed by atoms with Gasteiger partial charge >= 0.3 is 0 Å². The molecular weight excluding hydrogens is 406 g/mol. The number of rotatable bonds is 8. The van der Waals surface area contributed by atoms with Crippen LogP contribution in [0.5, 0.6) is 5.75 Å². The summed E-state index contributed by atoms with van der Waals surface area (Å²) >= 11 is 0. The largest absolute Gasteiger partial charge is 0.484 e. The van der Waals surface area contributed by atoms with Crippen LogP contribution in [0.4, 0.5) is 0 Å². The summed E-state index contributed by atoms with van der Waals surface area (Å²) < 4.78 is 11.3. The Kier molecular flexibility index (Phi) is 7.80. The van der Waals surface area contributed by atoms with E-state index < -0.39 is 0 Å². The fourth-order valence-electron chi connectivity index (χ4n) is 4.70. The highest BCUT2D eigenvalue weighted by Crippen LogP contribution is 2.25. The molecule has 7 heteroatoms. The first-order valence-corrected chi connectivity index (χ1v) is 11.9. The van der Waals surface area contributed by atoms with Crippen molar-refractivity contribution in [3.8, 4) is 5.75 Å². The van der Waals surface area contributed by atoms with Crippen LogP contribution in [0.15, 0.2) is 41.0 Å². The van der Waals surface area contributed by atoms with Crippen molar-refractivity contribution in [3.63, 3.8) is 0 Å². The third-order valence-electron chi connectivity index (χ3n) is 6.47. The van der Waals surface area contributed by atoms with Crippen LogP contribution < -0.4 is 10.1 Å². The summed E-state index contributed by atoms with van der Waals surface area (Å²) in [6.45, 7) is 0.217. The van der Waals surface area contributed by atoms with Gasteiger partial charge in [-0.15, -0.1) is 0 Å². The standard InChI is InChI=1S/C25H33N3O4/c29-24(18-31-21-14-8-3-9-15-21)28(20-12-6-2-7-13-20)16-23-27-22(17-32-23)25(30)26-19-10-4-1-5-11-19/h3,8-9,14-15,17,19-20H,1-2,4-7,10-13,16,18H2,(H,26,30). The summed E-state index contributed by atoms with van der Waals surface area (Å²) in [7, 11) is 0. The van der Waals surface area contributed by atoms with E-state index in [0.29, 0.717) is 11.6 Å². The summed E-state index contributed by atoms with van der Waals surface area (Å²) in [4.78, 5) is 31.9. The smallest absolute Gasteiger partial charge is 0.273 e. The van der Waals surface area contributed by atoms with E-state index in [1.165, 1.54) is 19.1 Å². The molecule has 1 aromatic carbocycles. The second-order valence-electron chi connectivity index (χ2n) is 8.85. The highest BCUT2D eigenvalue weighted by atomic mass is 16.5. The molecule has 2 aliphatic carbocycles. The lowest BCUT2D eigenvalue weighted by atomic mass is 9.94. The second kappa shape index (κ2) is 11.2. The van der Waals surface area contributed by atoms with Crippen molar-refractivity contribution in [3.05, 3.63) is 48.2 Å². The first kappa shape index (κ1) is 22.4. The maximum atomic E-state index is 13.1. The number of nitrogens with one attached hydrogen (secondary N) is 1. The zero-order chi connectivity index (χ0) is 22.2. The molecule has 0 atom stereocenters. The highest BCUT2D eigenvalue weighted by molar-refractivity contribution is 5.92. The summed E-state index contributed by atoms with van der Waals surface area (Å²) in [6, 6.07) is 9.70. The molecule has 0 bridgehead atoms. The van der Waals surface area contributed by atoms with Crippen LogP contribution >= 0.6 is 0 Å². The zero-order valence-electron chi connectivity index (χ0n) is 18.6. The third kappa shape index (κ3) is 6.11. The Balaban J connectivity index is 1.39. The van der Waals surface area contributed by atoms with E-state index in [4.69, 9.17) is 9.15 Å². The van der Waals surface area contributed by atoms with Gasteiger partial charge in [0.25, 0.3) is 11.8 Å². The van der Waals surface area contributed by atoms with Gasteiger partial charge in [0.15, 0.2) is 12.3 Å². The lowest BCUT2D eigenvalue weighted by molar-refractivity contribution is -0.137. The maximum absolute atomic E-state index is 13.1.